The molecule has 1 saturated carbocycles. The van der Waals surface area contributed by atoms with Crippen molar-refractivity contribution in [3.8, 4) is 33.4 Å². The fraction of sp³-hybridized carbons (Fsp3) is 0.167. The maximum absolute atomic E-state index is 12.1. The van der Waals surface area contributed by atoms with Gasteiger partial charge in [-0.15, -0.1) is 0 Å². The Kier molecular flexibility index (Phi) is 8.31. The van der Waals surface area contributed by atoms with Crippen molar-refractivity contribution in [2.24, 2.45) is 0 Å². The van der Waals surface area contributed by atoms with Gasteiger partial charge in [0.25, 0.3) is 0 Å². The first-order valence-corrected chi connectivity index (χ1v) is 22.5. The van der Waals surface area contributed by atoms with Crippen LogP contribution in [0.15, 0.2) is 192 Å². The van der Waals surface area contributed by atoms with E-state index in [0.717, 1.165) is 33.9 Å². The number of hydrogen-bond acceptors (Lipinski definition) is 4. The fourth-order valence-electron chi connectivity index (χ4n) is 12.0. The predicted molar refractivity (Wildman–Crippen MR) is 268 cm³/mol. The van der Waals surface area contributed by atoms with Crippen molar-refractivity contribution in [2.75, 3.05) is 23.9 Å². The molecule has 0 amide bonds. The Morgan fingerprint density at radius 1 is 0.375 bits per heavy atom. The minimum absolute atomic E-state index is 0.351. The van der Waals surface area contributed by atoms with E-state index >= 15 is 0 Å². The quantitative estimate of drug-likeness (QED) is 0.174. The van der Waals surface area contributed by atoms with E-state index in [2.05, 4.69) is 208 Å². The second kappa shape index (κ2) is 13.8. The maximum Gasteiger partial charge on any atom is 0.106 e. The van der Waals surface area contributed by atoms with Gasteiger partial charge in [-0.05, 0) is 130 Å². The number of hydrogen-bond donors (Lipinski definition) is 2. The summed E-state index contributed by atoms with van der Waals surface area (Å²) in [6, 6.07) is 62.0. The Labute approximate surface area is 374 Å². The summed E-state index contributed by atoms with van der Waals surface area (Å²) in [4.78, 5) is 4.37. The molecule has 0 spiro atoms. The molecular weight excluding hydrogens is 781 g/mol. The first-order chi connectivity index (χ1) is 30.9. The molecule has 312 valence electrons. The molecule has 1 aliphatic carbocycles. The van der Waals surface area contributed by atoms with Crippen LogP contribution in [-0.2, 0) is 10.8 Å². The number of para-hydroxylation sites is 1. The maximum atomic E-state index is 12.1. The SMILES string of the molecule is CN1C(=C2C(O)C(=C3N(C)c4cc(-c5ccc6cc7c(-c8ccccc8)c8cc9ccccc9cc8c(-c8ccccc8)c7cc6c5)ccc4C3(C)C)C2O)C(C)(C)c2ccccc21. The van der Waals surface area contributed by atoms with Gasteiger partial charge < -0.3 is 20.0 Å². The molecule has 0 aromatic heterocycles. The fourth-order valence-corrected chi connectivity index (χ4v) is 12.0. The highest BCUT2D eigenvalue weighted by Gasteiger charge is 2.53. The van der Waals surface area contributed by atoms with Crippen LogP contribution >= 0.6 is 0 Å². The van der Waals surface area contributed by atoms with E-state index in [0.29, 0.717) is 11.1 Å². The van der Waals surface area contributed by atoms with Crippen molar-refractivity contribution in [3.05, 3.63) is 204 Å². The number of nitrogens with zero attached hydrogens (tertiary/aromatic N) is 2. The highest BCUT2D eigenvalue weighted by molar-refractivity contribution is 6.25. The van der Waals surface area contributed by atoms with E-state index in [1.165, 1.54) is 76.5 Å². The summed E-state index contributed by atoms with van der Waals surface area (Å²) in [6.07, 6.45) is -1.75. The highest BCUT2D eigenvalue weighted by atomic mass is 16.3. The Balaban J connectivity index is 0.996. The zero-order valence-corrected chi connectivity index (χ0v) is 37.1. The molecule has 1 fully saturated rings. The molecule has 0 radical (unpaired) electrons. The normalized spacial score (nSPS) is 18.7. The predicted octanol–water partition coefficient (Wildman–Crippen LogP) is 13.7. The average molecular weight is 831 g/mol. The van der Waals surface area contributed by atoms with Crippen molar-refractivity contribution < 1.29 is 10.2 Å². The second-order valence-corrected chi connectivity index (χ2v) is 19.2. The van der Waals surface area contributed by atoms with E-state index in [-0.39, 0.29) is 5.41 Å². The van der Waals surface area contributed by atoms with Crippen LogP contribution in [0.5, 0.6) is 0 Å². The molecule has 2 aliphatic heterocycles. The zero-order valence-electron chi connectivity index (χ0n) is 37.1. The Morgan fingerprint density at radius 3 is 1.31 bits per heavy atom. The van der Waals surface area contributed by atoms with E-state index in [4.69, 9.17) is 0 Å². The van der Waals surface area contributed by atoms with Gasteiger partial charge in [0, 0.05) is 58.8 Å². The molecule has 2 unspecified atom stereocenters. The minimum Gasteiger partial charge on any atom is -0.384 e. The lowest BCUT2D eigenvalue weighted by Gasteiger charge is -2.44. The summed E-state index contributed by atoms with van der Waals surface area (Å²) in [7, 11) is 4.13. The number of likely N-dealkylation sites (N-methyl/N-ethyl adjacent to an activating group) is 2. The summed E-state index contributed by atoms with van der Waals surface area (Å²) in [5.41, 5.74) is 14.3. The van der Waals surface area contributed by atoms with Crippen LogP contribution in [0.4, 0.5) is 11.4 Å². The van der Waals surface area contributed by atoms with Crippen LogP contribution in [-0.4, -0.2) is 36.5 Å². The van der Waals surface area contributed by atoms with E-state index in [1.807, 2.05) is 13.1 Å². The lowest BCUT2D eigenvalue weighted by molar-refractivity contribution is 0.0995. The van der Waals surface area contributed by atoms with Crippen molar-refractivity contribution >= 4 is 54.5 Å². The van der Waals surface area contributed by atoms with Gasteiger partial charge >= 0.3 is 0 Å². The van der Waals surface area contributed by atoms with Crippen LogP contribution in [0.1, 0.15) is 38.8 Å². The topological polar surface area (TPSA) is 46.9 Å². The summed E-state index contributed by atoms with van der Waals surface area (Å²) >= 11 is 0. The van der Waals surface area contributed by atoms with Crippen molar-refractivity contribution in [1.29, 1.82) is 0 Å². The monoisotopic (exact) mass is 830 g/mol. The van der Waals surface area contributed by atoms with Gasteiger partial charge in [0.1, 0.15) is 12.2 Å². The third-order valence-electron chi connectivity index (χ3n) is 14.9. The molecule has 4 heteroatoms. The van der Waals surface area contributed by atoms with Crippen LogP contribution < -0.4 is 9.80 Å². The number of anilines is 2. The van der Waals surface area contributed by atoms with Crippen LogP contribution in [0.2, 0.25) is 0 Å². The number of rotatable bonds is 3. The molecule has 2 N–H and O–H groups in total. The smallest absolute Gasteiger partial charge is 0.106 e. The molecular formula is C60H50N2O2. The van der Waals surface area contributed by atoms with Crippen molar-refractivity contribution in [2.45, 2.75) is 50.7 Å². The molecule has 12 rings (SSSR count). The van der Waals surface area contributed by atoms with Gasteiger partial charge in [0.05, 0.1) is 0 Å². The molecule has 4 nitrogen and oxygen atoms in total. The zero-order chi connectivity index (χ0) is 43.8. The Hall–Kier alpha value is -6.98. The second-order valence-electron chi connectivity index (χ2n) is 19.2. The standard InChI is InChI=1S/C60H50N2O2/c1-59(2)47-23-15-16-24-49(47)61(5)57(59)53-55(63)54(56(53)64)58-60(3,4)48-28-27-41(34-50(48)62(58)6)39-25-26-40-32-45-46(33-42(40)29-39)52(36-19-11-8-12-20-36)44-31-38-22-14-13-21-37(38)30-43(44)51(45)35-17-9-7-10-18-35/h7-34,55-56,63-64H,1-6H3. The van der Waals surface area contributed by atoms with Crippen molar-refractivity contribution in [3.63, 3.8) is 0 Å². The van der Waals surface area contributed by atoms with Gasteiger partial charge in [-0.3, -0.25) is 0 Å². The molecule has 9 aromatic rings. The van der Waals surface area contributed by atoms with Crippen LogP contribution in [0.3, 0.4) is 0 Å². The third kappa shape index (κ3) is 5.36. The molecule has 64 heavy (non-hydrogen) atoms. The van der Waals surface area contributed by atoms with Gasteiger partial charge in [-0.1, -0.05) is 155 Å². The summed E-state index contributed by atoms with van der Waals surface area (Å²) in [6.45, 7) is 8.80. The minimum atomic E-state index is -0.874. The highest BCUT2D eigenvalue weighted by Crippen LogP contribution is 2.57. The molecule has 2 atom stereocenters. The van der Waals surface area contributed by atoms with E-state index < -0.39 is 17.6 Å². The number of allylic oxidation sites excluding steroid dienone is 2. The van der Waals surface area contributed by atoms with E-state index in [9.17, 15) is 10.2 Å². The van der Waals surface area contributed by atoms with Crippen LogP contribution in [0.25, 0.3) is 76.5 Å². The third-order valence-corrected chi connectivity index (χ3v) is 14.9. The van der Waals surface area contributed by atoms with E-state index in [1.54, 1.807) is 0 Å². The first kappa shape index (κ1) is 38.7. The van der Waals surface area contributed by atoms with Gasteiger partial charge in [-0.25, -0.2) is 0 Å². The Morgan fingerprint density at radius 2 is 0.781 bits per heavy atom. The number of benzene rings is 9. The first-order valence-electron chi connectivity index (χ1n) is 22.5. The largest absolute Gasteiger partial charge is 0.384 e. The lowest BCUT2D eigenvalue weighted by atomic mass is 9.68. The average Bonchev–Trinajstić information content (AvgIpc) is 3.63. The van der Waals surface area contributed by atoms with Gasteiger partial charge in [0.15, 0.2) is 0 Å². The summed E-state index contributed by atoms with van der Waals surface area (Å²) in [5.74, 6) is 0. The van der Waals surface area contributed by atoms with Gasteiger partial charge in [0.2, 0.25) is 0 Å². The lowest BCUT2D eigenvalue weighted by Crippen LogP contribution is -2.48. The summed E-state index contributed by atoms with van der Waals surface area (Å²) < 4.78 is 0. The number of aliphatic hydroxyl groups is 2. The molecule has 9 aromatic carbocycles. The molecule has 3 aliphatic rings. The Bertz CT molecular complexity index is 3490. The van der Waals surface area contributed by atoms with Gasteiger partial charge in [-0.2, -0.15) is 0 Å². The summed E-state index contributed by atoms with van der Waals surface area (Å²) in [5, 5.41) is 33.9. The van der Waals surface area contributed by atoms with Crippen molar-refractivity contribution in [1.82, 2.24) is 0 Å². The number of aliphatic hydroxyl groups excluding tert-OH is 2. The molecule has 0 saturated heterocycles. The number of fused-ring (bicyclic) bond motifs is 6. The van der Waals surface area contributed by atoms with Crippen LogP contribution in [0, 0.1) is 0 Å². The molecule has 0 bridgehead atoms. The molecule has 2 heterocycles.